The van der Waals surface area contributed by atoms with E-state index < -0.39 is 0 Å². The molecule has 78 valence electrons. The molecule has 2 heteroatoms. The summed E-state index contributed by atoms with van der Waals surface area (Å²) >= 11 is 0. The number of rotatable bonds is 2. The molecule has 0 fully saturated rings. The van der Waals surface area contributed by atoms with E-state index in [1.165, 1.54) is 11.1 Å². The molecule has 0 N–H and O–H groups in total. The molecule has 0 spiro atoms. The molecule has 1 aromatic heterocycles. The van der Waals surface area contributed by atoms with Crippen LogP contribution in [-0.2, 0) is 0 Å². The lowest BCUT2D eigenvalue weighted by atomic mass is 10.1. The quantitative estimate of drug-likeness (QED) is 0.741. The first-order chi connectivity index (χ1) is 7.93. The van der Waals surface area contributed by atoms with Crippen LogP contribution in [0.2, 0.25) is 0 Å². The Labute approximate surface area is 94.5 Å². The van der Waals surface area contributed by atoms with Crippen LogP contribution in [0, 0.1) is 0 Å². The number of hydrogen-bond acceptors (Lipinski definition) is 1. The zero-order chi connectivity index (χ0) is 10.8. The normalized spacial score (nSPS) is 14.1. The molecule has 2 aromatic rings. The fourth-order valence-electron chi connectivity index (χ4n) is 1.87. The third-order valence-electron chi connectivity index (χ3n) is 2.75. The van der Waals surface area contributed by atoms with Crippen LogP contribution in [-0.4, -0.2) is 9.78 Å². The third-order valence-corrected chi connectivity index (χ3v) is 2.75. The highest BCUT2D eigenvalue weighted by atomic mass is 15.3. The van der Waals surface area contributed by atoms with Gasteiger partial charge >= 0.3 is 0 Å². The van der Waals surface area contributed by atoms with Crippen molar-refractivity contribution in [1.82, 2.24) is 9.78 Å². The maximum atomic E-state index is 4.38. The monoisotopic (exact) mass is 208 g/mol. The van der Waals surface area contributed by atoms with Crippen molar-refractivity contribution in [2.24, 2.45) is 0 Å². The second-order valence-electron chi connectivity index (χ2n) is 3.83. The maximum Gasteiger partial charge on any atom is 0.0645 e. The predicted octanol–water partition coefficient (Wildman–Crippen LogP) is 3.22. The lowest BCUT2D eigenvalue weighted by molar-refractivity contribution is 0.880. The van der Waals surface area contributed by atoms with Crippen molar-refractivity contribution in [2.75, 3.05) is 0 Å². The van der Waals surface area contributed by atoms with Gasteiger partial charge in [-0.25, -0.2) is 4.68 Å². The Morgan fingerprint density at radius 1 is 1.12 bits per heavy atom. The highest BCUT2D eigenvalue weighted by molar-refractivity contribution is 5.70. The average Bonchev–Trinajstić information content (AvgIpc) is 3.01. The summed E-state index contributed by atoms with van der Waals surface area (Å²) in [5, 5.41) is 4.38. The van der Waals surface area contributed by atoms with Crippen LogP contribution >= 0.6 is 0 Å². The minimum atomic E-state index is 1.01. The first kappa shape index (κ1) is 9.16. The van der Waals surface area contributed by atoms with Crippen molar-refractivity contribution in [3.8, 4) is 5.69 Å². The molecule has 1 aromatic carbocycles. The Kier molecular flexibility index (Phi) is 2.18. The van der Waals surface area contributed by atoms with E-state index in [0.29, 0.717) is 0 Å². The van der Waals surface area contributed by atoms with Crippen LogP contribution in [0.15, 0.2) is 61.0 Å². The molecular formula is C14H12N2. The van der Waals surface area contributed by atoms with Gasteiger partial charge in [-0.2, -0.15) is 5.10 Å². The molecule has 0 atom stereocenters. The predicted molar refractivity (Wildman–Crippen MR) is 65.3 cm³/mol. The zero-order valence-corrected chi connectivity index (χ0v) is 8.88. The van der Waals surface area contributed by atoms with Gasteiger partial charge in [-0.3, -0.25) is 0 Å². The second-order valence-corrected chi connectivity index (χ2v) is 3.83. The van der Waals surface area contributed by atoms with Gasteiger partial charge in [0.2, 0.25) is 0 Å². The summed E-state index contributed by atoms with van der Waals surface area (Å²) < 4.78 is 1.91. The molecule has 0 radical (unpaired) electrons. The molecule has 2 nitrogen and oxygen atoms in total. The molecule has 0 bridgehead atoms. The molecule has 0 amide bonds. The van der Waals surface area contributed by atoms with Gasteiger partial charge in [-0.1, -0.05) is 36.4 Å². The largest absolute Gasteiger partial charge is 0.240 e. The van der Waals surface area contributed by atoms with E-state index in [2.05, 4.69) is 41.7 Å². The van der Waals surface area contributed by atoms with Gasteiger partial charge in [0.25, 0.3) is 0 Å². The molecule has 1 aliphatic carbocycles. The van der Waals surface area contributed by atoms with E-state index in [1.807, 2.05) is 29.1 Å². The van der Waals surface area contributed by atoms with Gasteiger partial charge < -0.3 is 0 Å². The minimum Gasteiger partial charge on any atom is -0.240 e. The van der Waals surface area contributed by atoms with Crippen LogP contribution in [0.25, 0.3) is 11.3 Å². The number of benzene rings is 1. The molecule has 0 aliphatic heterocycles. The number of aromatic nitrogens is 2. The molecular weight excluding hydrogens is 196 g/mol. The summed E-state index contributed by atoms with van der Waals surface area (Å²) in [6.07, 6.45) is 11.4. The zero-order valence-electron chi connectivity index (χ0n) is 8.88. The lowest BCUT2D eigenvalue weighted by Gasteiger charge is -1.99. The number of para-hydroxylation sites is 1. The van der Waals surface area contributed by atoms with Crippen LogP contribution in [0.5, 0.6) is 0 Å². The van der Waals surface area contributed by atoms with Crippen molar-refractivity contribution < 1.29 is 0 Å². The molecule has 0 saturated heterocycles. The van der Waals surface area contributed by atoms with Gasteiger partial charge in [0.15, 0.2) is 0 Å². The van der Waals surface area contributed by atoms with Crippen LogP contribution in [0.1, 0.15) is 12.0 Å². The summed E-state index contributed by atoms with van der Waals surface area (Å²) in [5.74, 6) is 0. The van der Waals surface area contributed by atoms with Gasteiger partial charge in [0, 0.05) is 11.8 Å². The molecule has 16 heavy (non-hydrogen) atoms. The third kappa shape index (κ3) is 1.58. The summed E-state index contributed by atoms with van der Waals surface area (Å²) in [5.41, 5.74) is 3.64. The Morgan fingerprint density at radius 3 is 2.75 bits per heavy atom. The van der Waals surface area contributed by atoms with Crippen molar-refractivity contribution in [2.45, 2.75) is 6.42 Å². The Morgan fingerprint density at radius 2 is 2.00 bits per heavy atom. The second kappa shape index (κ2) is 3.81. The number of hydrogen-bond donors (Lipinski definition) is 0. The van der Waals surface area contributed by atoms with Crippen LogP contribution in [0.3, 0.4) is 0 Å². The Bertz CT molecular complexity index is 547. The average molecular weight is 208 g/mol. The van der Waals surface area contributed by atoms with E-state index in [1.54, 1.807) is 0 Å². The maximum absolute atomic E-state index is 4.38. The number of allylic oxidation sites excluding steroid dienone is 4. The molecule has 0 unspecified atom stereocenters. The fraction of sp³-hybridized carbons (Fsp3) is 0.0714. The summed E-state index contributed by atoms with van der Waals surface area (Å²) in [4.78, 5) is 0. The fourth-order valence-corrected chi connectivity index (χ4v) is 1.87. The van der Waals surface area contributed by atoms with E-state index in [4.69, 9.17) is 0 Å². The van der Waals surface area contributed by atoms with Crippen molar-refractivity contribution in [3.63, 3.8) is 0 Å². The van der Waals surface area contributed by atoms with Gasteiger partial charge in [0.05, 0.1) is 11.9 Å². The van der Waals surface area contributed by atoms with Gasteiger partial charge in [-0.05, 0) is 24.1 Å². The highest BCUT2D eigenvalue weighted by Crippen LogP contribution is 2.23. The van der Waals surface area contributed by atoms with Crippen molar-refractivity contribution in [1.29, 1.82) is 0 Å². The topological polar surface area (TPSA) is 17.8 Å². The first-order valence-corrected chi connectivity index (χ1v) is 5.40. The van der Waals surface area contributed by atoms with E-state index in [-0.39, 0.29) is 0 Å². The van der Waals surface area contributed by atoms with E-state index >= 15 is 0 Å². The lowest BCUT2D eigenvalue weighted by Crippen LogP contribution is -1.92. The van der Waals surface area contributed by atoms with Gasteiger partial charge in [0.1, 0.15) is 0 Å². The first-order valence-electron chi connectivity index (χ1n) is 5.40. The Balaban J connectivity index is 1.94. The Hall–Kier alpha value is -2.09. The van der Waals surface area contributed by atoms with Crippen LogP contribution in [0.4, 0.5) is 0 Å². The van der Waals surface area contributed by atoms with E-state index in [0.717, 1.165) is 12.1 Å². The molecule has 1 heterocycles. The molecule has 1 aliphatic rings. The smallest absolute Gasteiger partial charge is 0.0645 e. The van der Waals surface area contributed by atoms with Gasteiger partial charge in [-0.15, -0.1) is 0 Å². The molecule has 0 saturated carbocycles. The minimum absolute atomic E-state index is 1.01. The SMILES string of the molecule is C1=CCC(c2cnn(-c3ccccc3)c2)=C1. The summed E-state index contributed by atoms with van der Waals surface area (Å²) in [6.45, 7) is 0. The van der Waals surface area contributed by atoms with E-state index in [9.17, 15) is 0 Å². The van der Waals surface area contributed by atoms with Crippen molar-refractivity contribution >= 4 is 5.57 Å². The highest BCUT2D eigenvalue weighted by Gasteiger charge is 2.06. The molecule has 3 rings (SSSR count). The summed E-state index contributed by atoms with van der Waals surface area (Å²) in [7, 11) is 0. The summed E-state index contributed by atoms with van der Waals surface area (Å²) in [6, 6.07) is 10.2. The van der Waals surface area contributed by atoms with Crippen LogP contribution < -0.4 is 0 Å². The van der Waals surface area contributed by atoms with Crippen molar-refractivity contribution in [3.05, 3.63) is 66.5 Å². The standard InChI is InChI=1S/C14H12N2/c1-2-8-14(9-3-1)16-11-13(10-15-16)12-6-4-5-7-12/h1-6,8-11H,7H2. The number of nitrogens with zero attached hydrogens (tertiary/aromatic N) is 2.